The first kappa shape index (κ1) is 14.9. The van der Waals surface area contributed by atoms with E-state index < -0.39 is 0 Å². The van der Waals surface area contributed by atoms with Crippen LogP contribution in [0.5, 0.6) is 0 Å². The second kappa shape index (κ2) is 9.86. The summed E-state index contributed by atoms with van der Waals surface area (Å²) in [7, 11) is 0. The fourth-order valence-electron chi connectivity index (χ4n) is 2.41. The highest BCUT2D eigenvalue weighted by Crippen LogP contribution is 2.21. The third-order valence-corrected chi connectivity index (χ3v) is 3.41. The molecule has 1 heterocycles. The Balaban J connectivity index is 2.25. The van der Waals surface area contributed by atoms with Gasteiger partial charge in [0.15, 0.2) is 0 Å². The average Bonchev–Trinajstić information content (AvgIpc) is 2.39. The largest absolute Gasteiger partial charge is 0.381 e. The Labute approximate surface area is 106 Å². The SMILES string of the molecule is CCCNC(CCOCCC)C1CCOCC1. The molecule has 1 fully saturated rings. The number of hydrogen-bond acceptors (Lipinski definition) is 3. The van der Waals surface area contributed by atoms with E-state index in [9.17, 15) is 0 Å². The minimum absolute atomic E-state index is 0.621. The zero-order valence-corrected chi connectivity index (χ0v) is 11.5. The molecule has 0 amide bonds. The monoisotopic (exact) mass is 243 g/mol. The lowest BCUT2D eigenvalue weighted by Gasteiger charge is -2.31. The second-order valence-corrected chi connectivity index (χ2v) is 4.91. The van der Waals surface area contributed by atoms with Gasteiger partial charge in [0, 0.05) is 32.5 Å². The Morgan fingerprint density at radius 2 is 1.94 bits per heavy atom. The van der Waals surface area contributed by atoms with E-state index in [0.29, 0.717) is 6.04 Å². The fourth-order valence-corrected chi connectivity index (χ4v) is 2.41. The van der Waals surface area contributed by atoms with Crippen molar-refractivity contribution in [2.24, 2.45) is 5.92 Å². The van der Waals surface area contributed by atoms with Gasteiger partial charge in [-0.25, -0.2) is 0 Å². The minimum Gasteiger partial charge on any atom is -0.381 e. The van der Waals surface area contributed by atoms with E-state index in [1.807, 2.05) is 0 Å². The standard InChI is InChI=1S/C14H29NO2/c1-3-8-15-14(7-12-16-9-4-2)13-5-10-17-11-6-13/h13-15H,3-12H2,1-2H3. The number of ether oxygens (including phenoxy) is 2. The normalized spacial score (nSPS) is 19.4. The molecule has 0 aliphatic carbocycles. The predicted molar refractivity (Wildman–Crippen MR) is 71.4 cm³/mol. The van der Waals surface area contributed by atoms with Gasteiger partial charge in [-0.1, -0.05) is 13.8 Å². The molecule has 3 heteroatoms. The van der Waals surface area contributed by atoms with Crippen molar-refractivity contribution in [1.82, 2.24) is 5.32 Å². The van der Waals surface area contributed by atoms with Crippen LogP contribution in [-0.2, 0) is 9.47 Å². The molecule has 0 bridgehead atoms. The molecule has 17 heavy (non-hydrogen) atoms. The minimum atomic E-state index is 0.621. The fraction of sp³-hybridized carbons (Fsp3) is 1.00. The van der Waals surface area contributed by atoms with Crippen LogP contribution >= 0.6 is 0 Å². The first-order chi connectivity index (χ1) is 8.38. The molecule has 0 radical (unpaired) electrons. The maximum absolute atomic E-state index is 5.61. The van der Waals surface area contributed by atoms with Crippen LogP contribution < -0.4 is 5.32 Å². The number of hydrogen-bond donors (Lipinski definition) is 1. The second-order valence-electron chi connectivity index (χ2n) is 4.91. The molecule has 1 aliphatic rings. The van der Waals surface area contributed by atoms with E-state index in [4.69, 9.17) is 9.47 Å². The zero-order chi connectivity index (χ0) is 12.3. The lowest BCUT2D eigenvalue weighted by atomic mass is 9.90. The first-order valence-corrected chi connectivity index (χ1v) is 7.27. The van der Waals surface area contributed by atoms with Crippen LogP contribution in [0.4, 0.5) is 0 Å². The average molecular weight is 243 g/mol. The third kappa shape index (κ3) is 6.39. The van der Waals surface area contributed by atoms with Crippen molar-refractivity contribution in [2.45, 2.75) is 52.0 Å². The molecule has 0 aromatic carbocycles. The molecule has 1 aliphatic heterocycles. The molecule has 0 aromatic rings. The highest BCUT2D eigenvalue weighted by molar-refractivity contribution is 4.78. The molecular formula is C14H29NO2. The van der Waals surface area contributed by atoms with Crippen LogP contribution in [0.2, 0.25) is 0 Å². The van der Waals surface area contributed by atoms with Gasteiger partial charge in [-0.05, 0) is 44.6 Å². The Morgan fingerprint density at radius 1 is 1.18 bits per heavy atom. The quantitative estimate of drug-likeness (QED) is 0.631. The summed E-state index contributed by atoms with van der Waals surface area (Å²) in [4.78, 5) is 0. The highest BCUT2D eigenvalue weighted by Gasteiger charge is 2.23. The molecule has 1 saturated heterocycles. The zero-order valence-electron chi connectivity index (χ0n) is 11.5. The third-order valence-electron chi connectivity index (χ3n) is 3.41. The summed E-state index contributed by atoms with van der Waals surface area (Å²) < 4.78 is 11.1. The van der Waals surface area contributed by atoms with Gasteiger partial charge in [0.05, 0.1) is 0 Å². The van der Waals surface area contributed by atoms with Gasteiger partial charge in [0.1, 0.15) is 0 Å². The first-order valence-electron chi connectivity index (χ1n) is 7.27. The van der Waals surface area contributed by atoms with Crippen molar-refractivity contribution in [3.05, 3.63) is 0 Å². The predicted octanol–water partition coefficient (Wildman–Crippen LogP) is 2.60. The summed E-state index contributed by atoms with van der Waals surface area (Å²) in [5.41, 5.74) is 0. The van der Waals surface area contributed by atoms with Crippen molar-refractivity contribution < 1.29 is 9.47 Å². The number of rotatable bonds is 9. The van der Waals surface area contributed by atoms with Crippen LogP contribution in [0.1, 0.15) is 46.0 Å². The van der Waals surface area contributed by atoms with Crippen molar-refractivity contribution >= 4 is 0 Å². The summed E-state index contributed by atoms with van der Waals surface area (Å²) in [5, 5.41) is 3.68. The van der Waals surface area contributed by atoms with Crippen LogP contribution in [0.15, 0.2) is 0 Å². The van der Waals surface area contributed by atoms with Gasteiger partial charge in [0.25, 0.3) is 0 Å². The maximum Gasteiger partial charge on any atom is 0.0480 e. The lowest BCUT2D eigenvalue weighted by Crippen LogP contribution is -2.40. The van der Waals surface area contributed by atoms with Gasteiger partial charge in [-0.3, -0.25) is 0 Å². The summed E-state index contributed by atoms with van der Waals surface area (Å²) >= 11 is 0. The van der Waals surface area contributed by atoms with Gasteiger partial charge in [-0.15, -0.1) is 0 Å². The summed E-state index contributed by atoms with van der Waals surface area (Å²) in [6.07, 6.45) is 5.87. The topological polar surface area (TPSA) is 30.5 Å². The van der Waals surface area contributed by atoms with Crippen molar-refractivity contribution in [2.75, 3.05) is 33.0 Å². The van der Waals surface area contributed by atoms with Gasteiger partial charge < -0.3 is 14.8 Å². The molecule has 0 saturated carbocycles. The summed E-state index contributed by atoms with van der Waals surface area (Å²) in [5.74, 6) is 0.778. The van der Waals surface area contributed by atoms with Crippen LogP contribution in [0.25, 0.3) is 0 Å². The van der Waals surface area contributed by atoms with Crippen molar-refractivity contribution in [3.8, 4) is 0 Å². The van der Waals surface area contributed by atoms with E-state index in [1.165, 1.54) is 19.3 Å². The summed E-state index contributed by atoms with van der Waals surface area (Å²) in [6.45, 7) is 9.17. The van der Waals surface area contributed by atoms with Crippen LogP contribution in [0, 0.1) is 5.92 Å². The maximum atomic E-state index is 5.61. The lowest BCUT2D eigenvalue weighted by molar-refractivity contribution is 0.0449. The molecule has 0 aromatic heterocycles. The molecule has 1 unspecified atom stereocenters. The smallest absolute Gasteiger partial charge is 0.0480 e. The van der Waals surface area contributed by atoms with Crippen molar-refractivity contribution in [3.63, 3.8) is 0 Å². The molecule has 0 spiro atoms. The molecule has 102 valence electrons. The highest BCUT2D eigenvalue weighted by atomic mass is 16.5. The molecule has 1 atom stereocenters. The van der Waals surface area contributed by atoms with Crippen LogP contribution in [-0.4, -0.2) is 39.0 Å². The molecule has 3 nitrogen and oxygen atoms in total. The Bertz CT molecular complexity index is 170. The van der Waals surface area contributed by atoms with Gasteiger partial charge in [0.2, 0.25) is 0 Å². The Morgan fingerprint density at radius 3 is 2.59 bits per heavy atom. The van der Waals surface area contributed by atoms with Gasteiger partial charge in [-0.2, -0.15) is 0 Å². The van der Waals surface area contributed by atoms with E-state index in [2.05, 4.69) is 19.2 Å². The molecule has 1 rings (SSSR count). The Hall–Kier alpha value is -0.120. The molecular weight excluding hydrogens is 214 g/mol. The van der Waals surface area contributed by atoms with Crippen molar-refractivity contribution in [1.29, 1.82) is 0 Å². The van der Waals surface area contributed by atoms with Crippen LogP contribution in [0.3, 0.4) is 0 Å². The summed E-state index contributed by atoms with van der Waals surface area (Å²) in [6, 6.07) is 0.621. The van der Waals surface area contributed by atoms with E-state index in [-0.39, 0.29) is 0 Å². The molecule has 1 N–H and O–H groups in total. The van der Waals surface area contributed by atoms with E-state index in [0.717, 1.165) is 51.7 Å². The Kier molecular flexibility index (Phi) is 8.67. The van der Waals surface area contributed by atoms with E-state index in [1.54, 1.807) is 0 Å². The van der Waals surface area contributed by atoms with Gasteiger partial charge >= 0.3 is 0 Å². The number of nitrogens with one attached hydrogen (secondary N) is 1. The van der Waals surface area contributed by atoms with E-state index >= 15 is 0 Å².